The third kappa shape index (κ3) is 5.08. The van der Waals surface area contributed by atoms with E-state index in [2.05, 4.69) is 5.32 Å². The van der Waals surface area contributed by atoms with Gasteiger partial charge >= 0.3 is 0 Å². The molecule has 1 amide bonds. The van der Waals surface area contributed by atoms with E-state index in [9.17, 15) is 17.6 Å². The summed E-state index contributed by atoms with van der Waals surface area (Å²) in [6.45, 7) is 3.52. The van der Waals surface area contributed by atoms with Crippen LogP contribution in [0.25, 0.3) is 0 Å². The zero-order valence-electron chi connectivity index (χ0n) is 18.1. The van der Waals surface area contributed by atoms with Gasteiger partial charge in [0, 0.05) is 5.69 Å². The van der Waals surface area contributed by atoms with Crippen molar-refractivity contribution in [1.29, 1.82) is 0 Å². The van der Waals surface area contributed by atoms with Gasteiger partial charge in [-0.05, 0) is 53.9 Å². The van der Waals surface area contributed by atoms with E-state index in [0.717, 1.165) is 22.0 Å². The number of ether oxygens (including phenoxy) is 1. The second-order valence-electron chi connectivity index (χ2n) is 7.43. The first-order chi connectivity index (χ1) is 15.2. The van der Waals surface area contributed by atoms with Crippen molar-refractivity contribution in [3.63, 3.8) is 0 Å². The van der Waals surface area contributed by atoms with Gasteiger partial charge in [-0.25, -0.2) is 12.8 Å². The van der Waals surface area contributed by atoms with Crippen LogP contribution in [0.2, 0.25) is 0 Å². The highest BCUT2D eigenvalue weighted by molar-refractivity contribution is 7.92. The van der Waals surface area contributed by atoms with Crippen LogP contribution in [-0.2, 0) is 14.8 Å². The maximum absolute atomic E-state index is 13.4. The Kier molecular flexibility index (Phi) is 7.15. The van der Waals surface area contributed by atoms with Gasteiger partial charge in [-0.15, -0.1) is 0 Å². The molecule has 0 aliphatic carbocycles. The van der Waals surface area contributed by atoms with Crippen molar-refractivity contribution in [2.45, 2.75) is 24.7 Å². The third-order valence-electron chi connectivity index (χ3n) is 4.90. The molecule has 3 rings (SSSR count). The minimum absolute atomic E-state index is 0.139. The highest BCUT2D eigenvalue weighted by Gasteiger charge is 2.29. The van der Waals surface area contributed by atoms with Gasteiger partial charge in [-0.3, -0.25) is 9.10 Å². The Morgan fingerprint density at radius 3 is 2.28 bits per heavy atom. The average molecular weight is 457 g/mol. The number of amides is 1. The zero-order valence-corrected chi connectivity index (χ0v) is 18.9. The van der Waals surface area contributed by atoms with Crippen molar-refractivity contribution < 1.29 is 22.3 Å². The van der Waals surface area contributed by atoms with Crippen LogP contribution in [0.1, 0.15) is 25.3 Å². The molecule has 1 N–H and O–H groups in total. The van der Waals surface area contributed by atoms with Crippen LogP contribution in [0.4, 0.5) is 15.8 Å². The van der Waals surface area contributed by atoms with E-state index in [-0.39, 0.29) is 22.3 Å². The van der Waals surface area contributed by atoms with Crippen LogP contribution in [-0.4, -0.2) is 28.0 Å². The quantitative estimate of drug-likeness (QED) is 0.529. The number of benzene rings is 3. The number of nitrogens with one attached hydrogen (secondary N) is 1. The Morgan fingerprint density at radius 1 is 1.00 bits per heavy atom. The van der Waals surface area contributed by atoms with E-state index in [1.54, 1.807) is 36.4 Å². The molecular formula is C24H25FN2O4S. The number of anilines is 2. The third-order valence-corrected chi connectivity index (χ3v) is 6.67. The van der Waals surface area contributed by atoms with Gasteiger partial charge in [-0.2, -0.15) is 0 Å². The number of hydrogen-bond acceptors (Lipinski definition) is 4. The normalized spacial score (nSPS) is 11.3. The van der Waals surface area contributed by atoms with Crippen molar-refractivity contribution in [3.05, 3.63) is 84.2 Å². The molecule has 0 aliphatic rings. The SMILES string of the molecule is COc1ccccc1N(CC(=O)Nc1ccccc1C(C)C)S(=O)(=O)c1ccc(F)cc1. The van der Waals surface area contributed by atoms with E-state index in [4.69, 9.17) is 4.74 Å². The first-order valence-electron chi connectivity index (χ1n) is 10.0. The van der Waals surface area contributed by atoms with Gasteiger partial charge in [0.05, 0.1) is 17.7 Å². The number of carbonyl (C=O) groups excluding carboxylic acids is 1. The van der Waals surface area contributed by atoms with Crippen molar-refractivity contribution >= 4 is 27.3 Å². The minimum atomic E-state index is -4.19. The van der Waals surface area contributed by atoms with E-state index in [1.807, 2.05) is 26.0 Å². The Hall–Kier alpha value is -3.39. The van der Waals surface area contributed by atoms with E-state index in [0.29, 0.717) is 5.69 Å². The summed E-state index contributed by atoms with van der Waals surface area (Å²) < 4.78 is 46.6. The topological polar surface area (TPSA) is 75.7 Å². The highest BCUT2D eigenvalue weighted by Crippen LogP contribution is 2.32. The van der Waals surface area contributed by atoms with Crippen LogP contribution in [0.15, 0.2) is 77.7 Å². The molecule has 168 valence electrons. The Labute approximate surface area is 187 Å². The van der Waals surface area contributed by atoms with Gasteiger partial charge in [0.25, 0.3) is 10.0 Å². The lowest BCUT2D eigenvalue weighted by atomic mass is 10.0. The first kappa shape index (κ1) is 23.3. The minimum Gasteiger partial charge on any atom is -0.495 e. The second-order valence-corrected chi connectivity index (χ2v) is 9.29. The lowest BCUT2D eigenvalue weighted by Gasteiger charge is -2.26. The fourth-order valence-corrected chi connectivity index (χ4v) is 4.74. The smallest absolute Gasteiger partial charge is 0.264 e. The fraction of sp³-hybridized carbons (Fsp3) is 0.208. The van der Waals surface area contributed by atoms with Gasteiger partial charge in [-0.1, -0.05) is 44.2 Å². The lowest BCUT2D eigenvalue weighted by molar-refractivity contribution is -0.114. The molecule has 3 aromatic rings. The molecule has 0 saturated carbocycles. The molecule has 0 radical (unpaired) electrons. The van der Waals surface area contributed by atoms with Crippen LogP contribution in [0.3, 0.4) is 0 Å². The molecule has 0 fully saturated rings. The molecule has 0 aliphatic heterocycles. The van der Waals surface area contributed by atoms with Crippen molar-refractivity contribution in [1.82, 2.24) is 0 Å². The molecule has 0 aromatic heterocycles. The van der Waals surface area contributed by atoms with E-state index in [1.165, 1.54) is 19.2 Å². The molecule has 0 saturated heterocycles. The van der Waals surface area contributed by atoms with Crippen LogP contribution >= 0.6 is 0 Å². The molecular weight excluding hydrogens is 431 g/mol. The molecule has 0 heterocycles. The number of rotatable bonds is 8. The molecule has 32 heavy (non-hydrogen) atoms. The van der Waals surface area contributed by atoms with Gasteiger partial charge < -0.3 is 10.1 Å². The fourth-order valence-electron chi connectivity index (χ4n) is 3.30. The first-order valence-corrected chi connectivity index (χ1v) is 11.5. The summed E-state index contributed by atoms with van der Waals surface area (Å²) in [5, 5.41) is 2.82. The van der Waals surface area contributed by atoms with Gasteiger partial charge in [0.15, 0.2) is 0 Å². The van der Waals surface area contributed by atoms with Crippen LogP contribution in [0, 0.1) is 5.82 Å². The van der Waals surface area contributed by atoms with Gasteiger partial charge in [0.2, 0.25) is 5.91 Å². The monoisotopic (exact) mass is 456 g/mol. The van der Waals surface area contributed by atoms with Crippen LogP contribution < -0.4 is 14.4 Å². The molecule has 6 nitrogen and oxygen atoms in total. The van der Waals surface area contributed by atoms with E-state index < -0.39 is 28.3 Å². The number of nitrogens with zero attached hydrogens (tertiary/aromatic N) is 1. The number of carbonyl (C=O) groups is 1. The van der Waals surface area contributed by atoms with Gasteiger partial charge in [0.1, 0.15) is 18.1 Å². The number of para-hydroxylation sites is 3. The summed E-state index contributed by atoms with van der Waals surface area (Å²) in [6.07, 6.45) is 0. The molecule has 0 spiro atoms. The average Bonchev–Trinajstić information content (AvgIpc) is 2.78. The Bertz CT molecular complexity index is 1190. The van der Waals surface area contributed by atoms with Crippen molar-refractivity contribution in [3.8, 4) is 5.75 Å². The summed E-state index contributed by atoms with van der Waals surface area (Å²) in [7, 11) is -2.77. The number of sulfonamides is 1. The maximum Gasteiger partial charge on any atom is 0.264 e. The molecule has 0 bridgehead atoms. The largest absolute Gasteiger partial charge is 0.495 e. The molecule has 0 atom stereocenters. The molecule has 3 aromatic carbocycles. The summed E-state index contributed by atoms with van der Waals surface area (Å²) >= 11 is 0. The predicted molar refractivity (Wildman–Crippen MR) is 123 cm³/mol. The maximum atomic E-state index is 13.4. The Balaban J connectivity index is 2.00. The standard InChI is InChI=1S/C24H25FN2O4S/c1-17(2)20-8-4-5-9-21(20)26-24(28)16-27(22-10-6-7-11-23(22)31-3)32(29,30)19-14-12-18(25)13-15-19/h4-15,17H,16H2,1-3H3,(H,26,28). The van der Waals surface area contributed by atoms with Crippen molar-refractivity contribution in [2.24, 2.45) is 0 Å². The summed E-state index contributed by atoms with van der Waals surface area (Å²) in [4.78, 5) is 12.8. The van der Waals surface area contributed by atoms with Crippen molar-refractivity contribution in [2.75, 3.05) is 23.3 Å². The Morgan fingerprint density at radius 2 is 1.62 bits per heavy atom. The predicted octanol–water partition coefficient (Wildman–Crippen LogP) is 4.79. The zero-order chi connectivity index (χ0) is 23.3. The van der Waals surface area contributed by atoms with E-state index >= 15 is 0 Å². The number of methoxy groups -OCH3 is 1. The summed E-state index contributed by atoms with van der Waals surface area (Å²) in [5.74, 6) is -0.626. The second kappa shape index (κ2) is 9.82. The lowest BCUT2D eigenvalue weighted by Crippen LogP contribution is -2.38. The summed E-state index contributed by atoms with van der Waals surface area (Å²) in [5.41, 5.74) is 1.75. The summed E-state index contributed by atoms with van der Waals surface area (Å²) in [6, 6.07) is 18.3. The number of halogens is 1. The number of hydrogen-bond donors (Lipinski definition) is 1. The molecule has 8 heteroatoms. The van der Waals surface area contributed by atoms with Crippen LogP contribution in [0.5, 0.6) is 5.75 Å². The molecule has 0 unspecified atom stereocenters. The highest BCUT2D eigenvalue weighted by atomic mass is 32.2.